The van der Waals surface area contributed by atoms with Gasteiger partial charge in [0.25, 0.3) is 0 Å². The van der Waals surface area contributed by atoms with Gasteiger partial charge in [-0.15, -0.1) is 0 Å². The summed E-state index contributed by atoms with van der Waals surface area (Å²) in [6.45, 7) is 3.69. The molecule has 0 radical (unpaired) electrons. The maximum Gasteiger partial charge on any atom is 0.417 e. The number of unbranched alkanes of at least 4 members (excludes halogenated alkanes) is 1. The van der Waals surface area contributed by atoms with Gasteiger partial charge >= 0.3 is 18.0 Å². The van der Waals surface area contributed by atoms with Gasteiger partial charge in [0.2, 0.25) is 0 Å². The van der Waals surface area contributed by atoms with E-state index >= 15 is 0 Å². The fourth-order valence-corrected chi connectivity index (χ4v) is 2.16. The molecule has 0 fully saturated rings. The maximum absolute atomic E-state index is 11.9. The second-order valence-electron chi connectivity index (χ2n) is 4.97. The molecule has 0 bridgehead atoms. The Bertz CT molecular complexity index is 497. The van der Waals surface area contributed by atoms with Gasteiger partial charge in [0.05, 0.1) is 25.9 Å². The van der Waals surface area contributed by atoms with Gasteiger partial charge in [-0.05, 0) is 26.2 Å². The SMILES string of the molecule is CCOC(=O)N1C=CC(CCCCOC(C)=O)C(C(=O)OC)=C1. The van der Waals surface area contributed by atoms with Crippen LogP contribution in [-0.2, 0) is 23.8 Å². The first-order chi connectivity index (χ1) is 11.0. The Morgan fingerprint density at radius 2 is 1.96 bits per heavy atom. The van der Waals surface area contributed by atoms with E-state index < -0.39 is 12.1 Å². The van der Waals surface area contributed by atoms with Crippen molar-refractivity contribution < 1.29 is 28.6 Å². The summed E-state index contributed by atoms with van der Waals surface area (Å²) in [5, 5.41) is 0. The standard InChI is InChI=1S/C16H23NO6/c1-4-22-16(20)17-9-8-13(14(11-17)15(19)21-3)7-5-6-10-23-12(2)18/h8-9,11,13H,4-7,10H2,1-3H3. The number of rotatable bonds is 7. The van der Waals surface area contributed by atoms with E-state index in [-0.39, 0.29) is 18.5 Å². The lowest BCUT2D eigenvalue weighted by atomic mass is 9.92. The quantitative estimate of drug-likeness (QED) is 0.406. The third kappa shape index (κ3) is 6.14. The van der Waals surface area contributed by atoms with Crippen LogP contribution in [0.5, 0.6) is 0 Å². The van der Waals surface area contributed by atoms with Crippen LogP contribution in [0.2, 0.25) is 0 Å². The fourth-order valence-electron chi connectivity index (χ4n) is 2.16. The monoisotopic (exact) mass is 325 g/mol. The van der Waals surface area contributed by atoms with E-state index in [1.54, 1.807) is 19.2 Å². The summed E-state index contributed by atoms with van der Waals surface area (Å²) in [7, 11) is 1.30. The number of ether oxygens (including phenoxy) is 3. The third-order valence-electron chi connectivity index (χ3n) is 3.27. The zero-order valence-electron chi connectivity index (χ0n) is 13.7. The number of hydrogen-bond acceptors (Lipinski definition) is 6. The van der Waals surface area contributed by atoms with Crippen molar-refractivity contribution in [1.82, 2.24) is 4.90 Å². The second kappa shape index (κ2) is 9.66. The Balaban J connectivity index is 2.63. The molecule has 0 N–H and O–H groups in total. The number of carbonyl (C=O) groups is 3. The zero-order valence-corrected chi connectivity index (χ0v) is 13.7. The number of amides is 1. The summed E-state index contributed by atoms with van der Waals surface area (Å²) in [6.07, 6.45) is 6.43. The first-order valence-electron chi connectivity index (χ1n) is 7.56. The molecule has 1 aliphatic rings. The first-order valence-corrected chi connectivity index (χ1v) is 7.56. The molecule has 23 heavy (non-hydrogen) atoms. The van der Waals surface area contributed by atoms with Crippen LogP contribution in [0.4, 0.5) is 4.79 Å². The minimum atomic E-state index is -0.543. The van der Waals surface area contributed by atoms with Crippen molar-refractivity contribution >= 4 is 18.0 Å². The smallest absolute Gasteiger partial charge is 0.417 e. The number of nitrogens with zero attached hydrogens (tertiary/aromatic N) is 1. The van der Waals surface area contributed by atoms with Gasteiger partial charge in [-0.25, -0.2) is 9.59 Å². The molecule has 0 saturated heterocycles. The summed E-state index contributed by atoms with van der Waals surface area (Å²) in [4.78, 5) is 35.6. The van der Waals surface area contributed by atoms with E-state index in [0.29, 0.717) is 25.0 Å². The minimum absolute atomic E-state index is 0.148. The molecule has 0 aliphatic carbocycles. The van der Waals surface area contributed by atoms with Crippen LogP contribution >= 0.6 is 0 Å². The van der Waals surface area contributed by atoms with Gasteiger partial charge in [0.1, 0.15) is 0 Å². The summed E-state index contributed by atoms with van der Waals surface area (Å²) in [5.41, 5.74) is 0.399. The van der Waals surface area contributed by atoms with Crippen molar-refractivity contribution in [2.24, 2.45) is 5.92 Å². The van der Waals surface area contributed by atoms with Gasteiger partial charge in [-0.1, -0.05) is 6.08 Å². The van der Waals surface area contributed by atoms with Crippen LogP contribution in [0.15, 0.2) is 24.0 Å². The second-order valence-corrected chi connectivity index (χ2v) is 4.97. The molecule has 7 heteroatoms. The van der Waals surface area contributed by atoms with Crippen LogP contribution in [0.3, 0.4) is 0 Å². The number of esters is 2. The van der Waals surface area contributed by atoms with E-state index in [2.05, 4.69) is 0 Å². The fraction of sp³-hybridized carbons (Fsp3) is 0.562. The lowest BCUT2D eigenvalue weighted by molar-refractivity contribution is -0.141. The van der Waals surface area contributed by atoms with Gasteiger partial charge in [0.15, 0.2) is 0 Å². The molecule has 7 nitrogen and oxygen atoms in total. The van der Waals surface area contributed by atoms with E-state index in [4.69, 9.17) is 14.2 Å². The van der Waals surface area contributed by atoms with Crippen LogP contribution < -0.4 is 0 Å². The average Bonchev–Trinajstić information content (AvgIpc) is 2.53. The Morgan fingerprint density at radius 1 is 1.22 bits per heavy atom. The molecule has 0 aromatic heterocycles. The minimum Gasteiger partial charge on any atom is -0.466 e. The molecular formula is C16H23NO6. The molecule has 0 aromatic rings. The molecule has 128 valence electrons. The molecule has 0 saturated carbocycles. The molecule has 1 rings (SSSR count). The normalized spacial score (nSPS) is 16.6. The van der Waals surface area contributed by atoms with Crippen molar-refractivity contribution in [3.63, 3.8) is 0 Å². The average molecular weight is 325 g/mol. The predicted molar refractivity (Wildman–Crippen MR) is 82.1 cm³/mol. The Morgan fingerprint density at radius 3 is 2.57 bits per heavy atom. The number of carbonyl (C=O) groups excluding carboxylic acids is 3. The highest BCUT2D eigenvalue weighted by atomic mass is 16.6. The van der Waals surface area contributed by atoms with Crippen molar-refractivity contribution in [3.05, 3.63) is 24.0 Å². The molecule has 1 amide bonds. The molecule has 0 spiro atoms. The summed E-state index contributed by atoms with van der Waals surface area (Å²) >= 11 is 0. The van der Waals surface area contributed by atoms with Crippen molar-refractivity contribution in [1.29, 1.82) is 0 Å². The van der Waals surface area contributed by atoms with Crippen molar-refractivity contribution in [2.45, 2.75) is 33.1 Å². The molecule has 1 unspecified atom stereocenters. The number of hydrogen-bond donors (Lipinski definition) is 0. The lowest BCUT2D eigenvalue weighted by Gasteiger charge is -2.24. The Labute approximate surface area is 135 Å². The largest absolute Gasteiger partial charge is 0.466 e. The predicted octanol–water partition coefficient (Wildman–Crippen LogP) is 2.38. The highest BCUT2D eigenvalue weighted by Gasteiger charge is 2.25. The highest BCUT2D eigenvalue weighted by molar-refractivity contribution is 5.90. The summed E-state index contributed by atoms with van der Waals surface area (Å²) in [5.74, 6) is -0.929. The van der Waals surface area contributed by atoms with Crippen molar-refractivity contribution in [3.8, 4) is 0 Å². The lowest BCUT2D eigenvalue weighted by Crippen LogP contribution is -2.28. The zero-order chi connectivity index (χ0) is 17.2. The van der Waals surface area contributed by atoms with E-state index in [9.17, 15) is 14.4 Å². The van der Waals surface area contributed by atoms with Crippen LogP contribution in [0.25, 0.3) is 0 Å². The molecular weight excluding hydrogens is 302 g/mol. The van der Waals surface area contributed by atoms with E-state index in [0.717, 1.165) is 6.42 Å². The van der Waals surface area contributed by atoms with Crippen LogP contribution in [0.1, 0.15) is 33.1 Å². The van der Waals surface area contributed by atoms with E-state index in [1.165, 1.54) is 25.1 Å². The molecule has 1 atom stereocenters. The summed E-state index contributed by atoms with van der Waals surface area (Å²) < 4.78 is 14.6. The van der Waals surface area contributed by atoms with Gasteiger partial charge in [-0.3, -0.25) is 9.69 Å². The number of methoxy groups -OCH3 is 1. The van der Waals surface area contributed by atoms with Crippen molar-refractivity contribution in [2.75, 3.05) is 20.3 Å². The van der Waals surface area contributed by atoms with Gasteiger partial charge < -0.3 is 14.2 Å². The molecule has 1 heterocycles. The number of allylic oxidation sites excluding steroid dienone is 1. The van der Waals surface area contributed by atoms with Gasteiger partial charge in [0, 0.05) is 25.2 Å². The summed E-state index contributed by atoms with van der Waals surface area (Å²) in [6, 6.07) is 0. The molecule has 0 aromatic carbocycles. The van der Waals surface area contributed by atoms with E-state index in [1.807, 2.05) is 0 Å². The Hall–Kier alpha value is -2.31. The van der Waals surface area contributed by atoms with Crippen LogP contribution in [0, 0.1) is 5.92 Å². The first kappa shape index (κ1) is 18.7. The third-order valence-corrected chi connectivity index (χ3v) is 3.27. The maximum atomic E-state index is 11.9. The topological polar surface area (TPSA) is 82.1 Å². The molecule has 1 aliphatic heterocycles. The van der Waals surface area contributed by atoms with Gasteiger partial charge in [-0.2, -0.15) is 0 Å². The highest BCUT2D eigenvalue weighted by Crippen LogP contribution is 2.26. The van der Waals surface area contributed by atoms with Crippen LogP contribution in [-0.4, -0.2) is 43.3 Å². The Kier molecular flexibility index (Phi) is 7.87.